The molecule has 0 aromatic carbocycles. The number of hydrogen-bond donors (Lipinski definition) is 1. The zero-order valence-electron chi connectivity index (χ0n) is 10.8. The zero-order chi connectivity index (χ0) is 13.1. The standard InChI is InChI=1S/C12H17N3OS2/c1-4-5-17-6-9-14-12(16-15-9)10-7(2)8(3)18-11(10)13/h4-6,13H2,1-3H3. The van der Waals surface area contributed by atoms with Crippen LogP contribution in [0.3, 0.4) is 0 Å². The predicted octanol–water partition coefficient (Wildman–Crippen LogP) is 3.64. The van der Waals surface area contributed by atoms with E-state index in [1.165, 1.54) is 4.88 Å². The molecule has 0 saturated heterocycles. The average molecular weight is 283 g/mol. The normalized spacial score (nSPS) is 11.1. The molecule has 2 aromatic rings. The van der Waals surface area contributed by atoms with E-state index < -0.39 is 0 Å². The number of nitrogens with zero attached hydrogens (tertiary/aromatic N) is 2. The Balaban J connectivity index is 2.19. The van der Waals surface area contributed by atoms with Crippen LogP contribution in [0.25, 0.3) is 11.5 Å². The van der Waals surface area contributed by atoms with Gasteiger partial charge in [-0.3, -0.25) is 0 Å². The molecule has 18 heavy (non-hydrogen) atoms. The fraction of sp³-hybridized carbons (Fsp3) is 0.500. The Morgan fingerprint density at radius 1 is 1.39 bits per heavy atom. The summed E-state index contributed by atoms with van der Waals surface area (Å²) in [6.45, 7) is 6.24. The first-order valence-corrected chi connectivity index (χ1v) is 7.86. The number of rotatable bonds is 5. The lowest BCUT2D eigenvalue weighted by molar-refractivity contribution is 0.425. The molecule has 0 aliphatic heterocycles. The zero-order valence-corrected chi connectivity index (χ0v) is 12.5. The molecule has 2 aromatic heterocycles. The van der Waals surface area contributed by atoms with Crippen LogP contribution in [0.1, 0.15) is 29.6 Å². The molecule has 0 unspecified atom stereocenters. The third-order valence-corrected chi connectivity index (χ3v) is 4.87. The summed E-state index contributed by atoms with van der Waals surface area (Å²) in [7, 11) is 0. The second-order valence-electron chi connectivity index (χ2n) is 4.09. The molecule has 2 N–H and O–H groups in total. The molecule has 0 saturated carbocycles. The lowest BCUT2D eigenvalue weighted by Crippen LogP contribution is -1.88. The SMILES string of the molecule is CCCSCc1noc(-c2c(N)sc(C)c2C)n1. The molecule has 6 heteroatoms. The molecular formula is C12H17N3OS2. The van der Waals surface area contributed by atoms with E-state index in [-0.39, 0.29) is 0 Å². The number of nitrogens with two attached hydrogens (primary N) is 1. The maximum Gasteiger partial charge on any atom is 0.261 e. The first-order chi connectivity index (χ1) is 8.63. The van der Waals surface area contributed by atoms with Crippen molar-refractivity contribution in [1.82, 2.24) is 10.1 Å². The molecular weight excluding hydrogens is 266 g/mol. The molecule has 0 spiro atoms. The van der Waals surface area contributed by atoms with Crippen molar-refractivity contribution in [3.63, 3.8) is 0 Å². The Bertz CT molecular complexity index is 533. The lowest BCUT2D eigenvalue weighted by atomic mass is 10.1. The van der Waals surface area contributed by atoms with Crippen molar-refractivity contribution in [2.75, 3.05) is 11.5 Å². The van der Waals surface area contributed by atoms with Gasteiger partial charge in [0.25, 0.3) is 5.89 Å². The van der Waals surface area contributed by atoms with E-state index in [2.05, 4.69) is 17.1 Å². The van der Waals surface area contributed by atoms with E-state index >= 15 is 0 Å². The summed E-state index contributed by atoms with van der Waals surface area (Å²) in [6.07, 6.45) is 1.16. The van der Waals surface area contributed by atoms with E-state index in [0.717, 1.165) is 39.9 Å². The number of aryl methyl sites for hydroxylation is 1. The quantitative estimate of drug-likeness (QED) is 0.849. The lowest BCUT2D eigenvalue weighted by Gasteiger charge is -1.94. The van der Waals surface area contributed by atoms with Gasteiger partial charge in [0.05, 0.1) is 16.3 Å². The minimum Gasteiger partial charge on any atom is -0.390 e. The number of aromatic nitrogens is 2. The van der Waals surface area contributed by atoms with E-state index in [1.54, 1.807) is 11.3 Å². The van der Waals surface area contributed by atoms with Crippen LogP contribution in [-0.4, -0.2) is 15.9 Å². The van der Waals surface area contributed by atoms with Gasteiger partial charge in [0, 0.05) is 4.88 Å². The summed E-state index contributed by atoms with van der Waals surface area (Å²) in [5.74, 6) is 3.19. The van der Waals surface area contributed by atoms with Gasteiger partial charge < -0.3 is 10.3 Å². The van der Waals surface area contributed by atoms with Crippen molar-refractivity contribution in [2.45, 2.75) is 32.9 Å². The largest absolute Gasteiger partial charge is 0.390 e. The first-order valence-electron chi connectivity index (χ1n) is 5.89. The highest BCUT2D eigenvalue weighted by Gasteiger charge is 2.18. The van der Waals surface area contributed by atoms with Gasteiger partial charge in [0.2, 0.25) is 0 Å². The van der Waals surface area contributed by atoms with Gasteiger partial charge in [0.15, 0.2) is 5.82 Å². The number of anilines is 1. The second kappa shape index (κ2) is 5.75. The van der Waals surface area contributed by atoms with Crippen LogP contribution in [0, 0.1) is 13.8 Å². The molecule has 0 radical (unpaired) electrons. The van der Waals surface area contributed by atoms with E-state index in [9.17, 15) is 0 Å². The van der Waals surface area contributed by atoms with Gasteiger partial charge in [-0.1, -0.05) is 12.1 Å². The van der Waals surface area contributed by atoms with Crippen molar-refractivity contribution in [2.24, 2.45) is 0 Å². The molecule has 98 valence electrons. The summed E-state index contributed by atoms with van der Waals surface area (Å²) < 4.78 is 5.31. The van der Waals surface area contributed by atoms with Gasteiger partial charge in [-0.2, -0.15) is 16.7 Å². The van der Waals surface area contributed by atoms with Crippen LogP contribution in [0.15, 0.2) is 4.52 Å². The minimum atomic E-state index is 0.543. The Kier molecular flexibility index (Phi) is 4.29. The van der Waals surface area contributed by atoms with Crippen molar-refractivity contribution in [3.05, 3.63) is 16.3 Å². The number of thiophene rings is 1. The van der Waals surface area contributed by atoms with Crippen molar-refractivity contribution in [3.8, 4) is 11.5 Å². The third kappa shape index (κ3) is 2.70. The highest BCUT2D eigenvalue weighted by atomic mass is 32.2. The molecule has 0 aliphatic carbocycles. The van der Waals surface area contributed by atoms with E-state index in [0.29, 0.717) is 5.89 Å². The summed E-state index contributed by atoms with van der Waals surface area (Å²) in [4.78, 5) is 5.61. The molecule has 4 nitrogen and oxygen atoms in total. The van der Waals surface area contributed by atoms with Crippen LogP contribution in [0.5, 0.6) is 0 Å². The Morgan fingerprint density at radius 3 is 2.78 bits per heavy atom. The minimum absolute atomic E-state index is 0.543. The van der Waals surface area contributed by atoms with Crippen molar-refractivity contribution < 1.29 is 4.52 Å². The van der Waals surface area contributed by atoms with Crippen LogP contribution in [0.2, 0.25) is 0 Å². The third-order valence-electron chi connectivity index (χ3n) is 2.67. The van der Waals surface area contributed by atoms with Crippen molar-refractivity contribution >= 4 is 28.1 Å². The maximum atomic E-state index is 5.99. The van der Waals surface area contributed by atoms with E-state index in [1.807, 2.05) is 25.6 Å². The number of thioether (sulfide) groups is 1. The fourth-order valence-corrected chi connectivity index (χ4v) is 3.30. The fourth-order valence-electron chi connectivity index (χ4n) is 1.64. The predicted molar refractivity (Wildman–Crippen MR) is 78.0 cm³/mol. The average Bonchev–Trinajstić information content (AvgIpc) is 2.86. The van der Waals surface area contributed by atoms with Crippen LogP contribution in [-0.2, 0) is 5.75 Å². The molecule has 0 atom stereocenters. The first kappa shape index (κ1) is 13.4. The highest BCUT2D eigenvalue weighted by molar-refractivity contribution is 7.98. The molecule has 0 aliphatic rings. The molecule has 0 fully saturated rings. The molecule has 0 bridgehead atoms. The maximum absolute atomic E-state index is 5.99. The Hall–Kier alpha value is -1.01. The Morgan fingerprint density at radius 2 is 2.17 bits per heavy atom. The highest BCUT2D eigenvalue weighted by Crippen LogP contribution is 2.37. The van der Waals surface area contributed by atoms with Gasteiger partial charge in [0.1, 0.15) is 0 Å². The summed E-state index contributed by atoms with van der Waals surface area (Å²) in [6, 6.07) is 0. The smallest absolute Gasteiger partial charge is 0.261 e. The van der Waals surface area contributed by atoms with Gasteiger partial charge in [-0.15, -0.1) is 11.3 Å². The summed E-state index contributed by atoms with van der Waals surface area (Å²) in [5, 5.41) is 4.75. The van der Waals surface area contributed by atoms with Crippen molar-refractivity contribution in [1.29, 1.82) is 0 Å². The molecule has 2 rings (SSSR count). The van der Waals surface area contributed by atoms with Crippen LogP contribution < -0.4 is 5.73 Å². The van der Waals surface area contributed by atoms with Gasteiger partial charge in [-0.05, 0) is 31.6 Å². The summed E-state index contributed by atoms with van der Waals surface area (Å²) in [5.41, 5.74) is 8.02. The monoisotopic (exact) mass is 283 g/mol. The van der Waals surface area contributed by atoms with Gasteiger partial charge in [-0.25, -0.2) is 0 Å². The van der Waals surface area contributed by atoms with Crippen LogP contribution >= 0.6 is 23.1 Å². The topological polar surface area (TPSA) is 64.9 Å². The molecule has 2 heterocycles. The summed E-state index contributed by atoms with van der Waals surface area (Å²) >= 11 is 3.38. The Labute approximate surface area is 115 Å². The van der Waals surface area contributed by atoms with Crippen LogP contribution in [0.4, 0.5) is 5.00 Å². The number of hydrogen-bond acceptors (Lipinski definition) is 6. The molecule has 0 amide bonds. The second-order valence-corrected chi connectivity index (χ2v) is 6.45. The van der Waals surface area contributed by atoms with Gasteiger partial charge >= 0.3 is 0 Å². The van der Waals surface area contributed by atoms with E-state index in [4.69, 9.17) is 10.3 Å². The number of nitrogen functional groups attached to an aromatic ring is 1.